The summed E-state index contributed by atoms with van der Waals surface area (Å²) in [5, 5.41) is 3.51. The summed E-state index contributed by atoms with van der Waals surface area (Å²) in [5.74, 6) is 2.60. The van der Waals surface area contributed by atoms with Crippen LogP contribution in [0.2, 0.25) is 0 Å². The monoisotopic (exact) mass is 237 g/mol. The summed E-state index contributed by atoms with van der Waals surface area (Å²) in [6, 6.07) is 0. The Labute approximate surface area is 106 Å². The summed E-state index contributed by atoms with van der Waals surface area (Å²) in [7, 11) is 0. The van der Waals surface area contributed by atoms with Crippen LogP contribution in [-0.2, 0) is 13.0 Å². The smallest absolute Gasteiger partial charge is 0.108 e. The highest BCUT2D eigenvalue weighted by molar-refractivity contribution is 4.92. The van der Waals surface area contributed by atoms with Gasteiger partial charge in [0.2, 0.25) is 0 Å². The van der Waals surface area contributed by atoms with Crippen LogP contribution >= 0.6 is 0 Å². The van der Waals surface area contributed by atoms with Gasteiger partial charge in [-0.3, -0.25) is 0 Å². The third kappa shape index (κ3) is 5.35. The number of aryl methyl sites for hydroxylation is 1. The number of rotatable bonds is 8. The molecule has 1 heterocycles. The lowest BCUT2D eigenvalue weighted by atomic mass is 10.1. The molecule has 0 aliphatic carbocycles. The zero-order chi connectivity index (χ0) is 12.7. The zero-order valence-corrected chi connectivity index (χ0v) is 11.7. The molecular weight excluding hydrogens is 210 g/mol. The lowest BCUT2D eigenvalue weighted by Gasteiger charge is -2.16. The Morgan fingerprint density at radius 2 is 2.06 bits per heavy atom. The molecule has 1 aromatic rings. The number of nitrogens with one attached hydrogen (secondary N) is 1. The van der Waals surface area contributed by atoms with Gasteiger partial charge in [-0.25, -0.2) is 4.98 Å². The Morgan fingerprint density at radius 3 is 2.71 bits per heavy atom. The van der Waals surface area contributed by atoms with E-state index in [1.54, 1.807) is 0 Å². The fourth-order valence-corrected chi connectivity index (χ4v) is 1.98. The molecule has 0 saturated heterocycles. The molecule has 0 spiro atoms. The molecule has 1 unspecified atom stereocenters. The lowest BCUT2D eigenvalue weighted by molar-refractivity contribution is 0.421. The van der Waals surface area contributed by atoms with Crippen LogP contribution in [-0.4, -0.2) is 22.6 Å². The molecule has 1 aromatic heterocycles. The molecule has 0 aliphatic heterocycles. The maximum absolute atomic E-state index is 4.41. The number of nitrogens with zero attached hydrogens (tertiary/aromatic N) is 2. The number of hydrogen-bond donors (Lipinski definition) is 1. The van der Waals surface area contributed by atoms with Crippen molar-refractivity contribution in [3.63, 3.8) is 0 Å². The van der Waals surface area contributed by atoms with Gasteiger partial charge in [0, 0.05) is 25.4 Å². The van der Waals surface area contributed by atoms with Crippen molar-refractivity contribution in [1.82, 2.24) is 14.9 Å². The molecule has 1 rings (SSSR count). The van der Waals surface area contributed by atoms with Gasteiger partial charge < -0.3 is 9.88 Å². The number of aromatic nitrogens is 2. The van der Waals surface area contributed by atoms with Gasteiger partial charge in [0.1, 0.15) is 5.82 Å². The second-order valence-corrected chi connectivity index (χ2v) is 5.40. The average Bonchev–Trinajstić information content (AvgIpc) is 2.66. The Bertz CT molecular complexity index is 304. The highest BCUT2D eigenvalue weighted by Gasteiger charge is 2.07. The molecule has 1 N–H and O–H groups in total. The van der Waals surface area contributed by atoms with Gasteiger partial charge in [-0.05, 0) is 31.3 Å². The van der Waals surface area contributed by atoms with E-state index in [0.717, 1.165) is 38.4 Å². The first-order valence-corrected chi connectivity index (χ1v) is 6.84. The Kier molecular flexibility index (Phi) is 6.27. The normalized spacial score (nSPS) is 13.2. The van der Waals surface area contributed by atoms with Gasteiger partial charge in [0.25, 0.3) is 0 Å². The molecule has 0 saturated carbocycles. The van der Waals surface area contributed by atoms with Gasteiger partial charge >= 0.3 is 0 Å². The fraction of sp³-hybridized carbons (Fsp3) is 0.786. The molecule has 0 radical (unpaired) electrons. The standard InChI is InChI=1S/C14H27N3/c1-5-6-14-16-7-8-17(14)11-13(4)10-15-9-12(2)3/h7-8,12-13,15H,5-6,9-11H2,1-4H3. The quantitative estimate of drug-likeness (QED) is 0.753. The average molecular weight is 237 g/mol. The minimum atomic E-state index is 0.651. The highest BCUT2D eigenvalue weighted by Crippen LogP contribution is 2.06. The number of imidazole rings is 1. The van der Waals surface area contributed by atoms with Gasteiger partial charge in [-0.15, -0.1) is 0 Å². The molecule has 0 bridgehead atoms. The third-order valence-electron chi connectivity index (χ3n) is 2.83. The molecule has 0 aliphatic rings. The van der Waals surface area contributed by atoms with Crippen molar-refractivity contribution in [3.05, 3.63) is 18.2 Å². The van der Waals surface area contributed by atoms with Crippen molar-refractivity contribution in [3.8, 4) is 0 Å². The second kappa shape index (κ2) is 7.49. The molecule has 0 amide bonds. The van der Waals surface area contributed by atoms with Crippen LogP contribution in [0.25, 0.3) is 0 Å². The molecule has 0 aromatic carbocycles. The van der Waals surface area contributed by atoms with Crippen molar-refractivity contribution >= 4 is 0 Å². The van der Waals surface area contributed by atoms with Gasteiger partial charge in [0.15, 0.2) is 0 Å². The fourth-order valence-electron chi connectivity index (χ4n) is 1.98. The van der Waals surface area contributed by atoms with Crippen LogP contribution < -0.4 is 5.32 Å². The Balaban J connectivity index is 2.34. The predicted octanol–water partition coefficient (Wildman–Crippen LogP) is 2.72. The topological polar surface area (TPSA) is 29.9 Å². The van der Waals surface area contributed by atoms with E-state index < -0.39 is 0 Å². The van der Waals surface area contributed by atoms with Crippen LogP contribution in [0.3, 0.4) is 0 Å². The van der Waals surface area contributed by atoms with Gasteiger partial charge in [-0.2, -0.15) is 0 Å². The van der Waals surface area contributed by atoms with Crippen molar-refractivity contribution in [2.24, 2.45) is 11.8 Å². The van der Waals surface area contributed by atoms with Crippen molar-refractivity contribution in [2.45, 2.75) is 47.1 Å². The molecule has 17 heavy (non-hydrogen) atoms. The van der Waals surface area contributed by atoms with Gasteiger partial charge in [-0.1, -0.05) is 27.7 Å². The first kappa shape index (κ1) is 14.2. The predicted molar refractivity (Wildman–Crippen MR) is 73.1 cm³/mol. The van der Waals surface area contributed by atoms with Crippen LogP contribution in [0.5, 0.6) is 0 Å². The van der Waals surface area contributed by atoms with E-state index >= 15 is 0 Å². The molecule has 98 valence electrons. The minimum absolute atomic E-state index is 0.651. The van der Waals surface area contributed by atoms with E-state index in [0.29, 0.717) is 5.92 Å². The first-order chi connectivity index (χ1) is 8.13. The molecule has 1 atom stereocenters. The van der Waals surface area contributed by atoms with Crippen molar-refractivity contribution < 1.29 is 0 Å². The Hall–Kier alpha value is -0.830. The minimum Gasteiger partial charge on any atom is -0.335 e. The molecule has 3 nitrogen and oxygen atoms in total. The summed E-state index contributed by atoms with van der Waals surface area (Å²) in [4.78, 5) is 4.41. The molecule has 3 heteroatoms. The van der Waals surface area contributed by atoms with Crippen molar-refractivity contribution in [2.75, 3.05) is 13.1 Å². The second-order valence-electron chi connectivity index (χ2n) is 5.40. The maximum atomic E-state index is 4.41. The molecular formula is C14H27N3. The van der Waals surface area contributed by atoms with Gasteiger partial charge in [0.05, 0.1) is 0 Å². The van der Waals surface area contributed by atoms with Crippen LogP contribution in [0.15, 0.2) is 12.4 Å². The first-order valence-electron chi connectivity index (χ1n) is 6.84. The zero-order valence-electron chi connectivity index (χ0n) is 11.7. The lowest BCUT2D eigenvalue weighted by Crippen LogP contribution is -2.27. The van der Waals surface area contributed by atoms with Crippen molar-refractivity contribution in [1.29, 1.82) is 0 Å². The Morgan fingerprint density at radius 1 is 1.29 bits per heavy atom. The van der Waals surface area contributed by atoms with E-state index in [4.69, 9.17) is 0 Å². The summed E-state index contributed by atoms with van der Waals surface area (Å²) < 4.78 is 2.30. The van der Waals surface area contributed by atoms with Crippen LogP contribution in [0, 0.1) is 11.8 Å². The van der Waals surface area contributed by atoms with E-state index in [1.165, 1.54) is 5.82 Å². The third-order valence-corrected chi connectivity index (χ3v) is 2.83. The van der Waals surface area contributed by atoms with E-state index in [1.807, 2.05) is 6.20 Å². The highest BCUT2D eigenvalue weighted by atomic mass is 15.1. The van der Waals surface area contributed by atoms with E-state index in [2.05, 4.69) is 48.8 Å². The summed E-state index contributed by atoms with van der Waals surface area (Å²) in [6.07, 6.45) is 6.26. The van der Waals surface area contributed by atoms with Crippen LogP contribution in [0.1, 0.15) is 39.9 Å². The summed E-state index contributed by atoms with van der Waals surface area (Å²) in [6.45, 7) is 12.2. The maximum Gasteiger partial charge on any atom is 0.108 e. The van der Waals surface area contributed by atoms with E-state index in [-0.39, 0.29) is 0 Å². The van der Waals surface area contributed by atoms with Crippen LogP contribution in [0.4, 0.5) is 0 Å². The number of hydrogen-bond acceptors (Lipinski definition) is 2. The largest absolute Gasteiger partial charge is 0.335 e. The molecule has 0 fully saturated rings. The summed E-state index contributed by atoms with van der Waals surface area (Å²) >= 11 is 0. The van der Waals surface area contributed by atoms with E-state index in [9.17, 15) is 0 Å². The SMILES string of the molecule is CCCc1nccn1CC(C)CNCC(C)C. The summed E-state index contributed by atoms with van der Waals surface area (Å²) in [5.41, 5.74) is 0.